The van der Waals surface area contributed by atoms with Crippen LogP contribution in [0.4, 0.5) is 4.79 Å². The van der Waals surface area contributed by atoms with Gasteiger partial charge in [0.25, 0.3) is 0 Å². The number of rotatable bonds is 3. The maximum absolute atomic E-state index is 12.0. The molecule has 0 saturated carbocycles. The third-order valence-corrected chi connectivity index (χ3v) is 3.49. The van der Waals surface area contributed by atoms with Crippen LogP contribution in [0.2, 0.25) is 0 Å². The molecule has 0 aromatic carbocycles. The molecule has 0 aliphatic carbocycles. The van der Waals surface area contributed by atoms with Crippen molar-refractivity contribution >= 4 is 22.4 Å². The Balaban J connectivity index is 2.07. The van der Waals surface area contributed by atoms with Crippen molar-refractivity contribution in [2.45, 2.75) is 12.1 Å². The fraction of sp³-hybridized carbons (Fsp3) is 0.333. The summed E-state index contributed by atoms with van der Waals surface area (Å²) in [5, 5.41) is 9.60. The zero-order valence-electron chi connectivity index (χ0n) is 9.66. The summed E-state index contributed by atoms with van der Waals surface area (Å²) in [7, 11) is -4.90. The minimum atomic E-state index is -4.90. The van der Waals surface area contributed by atoms with Crippen molar-refractivity contribution < 1.29 is 36.4 Å². The quantitative estimate of drug-likeness (QED) is 0.740. The molecule has 20 heavy (non-hydrogen) atoms. The van der Waals surface area contributed by atoms with Crippen LogP contribution in [0.3, 0.4) is 0 Å². The number of furan rings is 1. The Morgan fingerprint density at radius 1 is 1.50 bits per heavy atom. The van der Waals surface area contributed by atoms with E-state index >= 15 is 0 Å². The van der Waals surface area contributed by atoms with E-state index in [-0.39, 0.29) is 12.3 Å². The second-order valence-corrected chi connectivity index (χ2v) is 5.26. The van der Waals surface area contributed by atoms with E-state index in [0.717, 1.165) is 4.90 Å². The van der Waals surface area contributed by atoms with Gasteiger partial charge in [0.1, 0.15) is 11.8 Å². The number of fused-ring (bicyclic) bond motifs is 4. The van der Waals surface area contributed by atoms with Gasteiger partial charge >= 0.3 is 22.4 Å². The molecule has 1 aromatic heterocycles. The Labute approximate surface area is 112 Å². The molecular weight excluding hydrogens is 296 g/mol. The average molecular weight is 304 g/mol. The number of carboxylic acid groups (broad SMARTS) is 1. The first-order valence-corrected chi connectivity index (χ1v) is 6.73. The highest BCUT2D eigenvalue weighted by atomic mass is 32.3. The van der Waals surface area contributed by atoms with Crippen LogP contribution < -0.4 is 0 Å². The van der Waals surface area contributed by atoms with E-state index in [1.807, 2.05) is 0 Å². The van der Waals surface area contributed by atoms with Crippen LogP contribution in [0, 0.1) is 0 Å². The SMILES string of the molecule is O=C(O)[C@@H]1c2occc2[C@@H]2CN1C(=O)N2OS(=O)(=O)O. The average Bonchev–Trinajstić information content (AvgIpc) is 2.88. The Bertz CT molecular complexity index is 695. The van der Waals surface area contributed by atoms with Crippen LogP contribution in [0.5, 0.6) is 0 Å². The second kappa shape index (κ2) is 3.94. The molecule has 1 saturated heterocycles. The number of aliphatic carboxylic acids is 1. The Hall–Kier alpha value is -2.11. The van der Waals surface area contributed by atoms with Crippen molar-refractivity contribution in [3.05, 3.63) is 23.7 Å². The molecule has 0 unspecified atom stereocenters. The van der Waals surface area contributed by atoms with Gasteiger partial charge in [0.05, 0.1) is 12.8 Å². The van der Waals surface area contributed by atoms with E-state index in [0.29, 0.717) is 10.6 Å². The highest BCUT2D eigenvalue weighted by Crippen LogP contribution is 2.44. The lowest BCUT2D eigenvalue weighted by atomic mass is 9.99. The molecule has 2 aliphatic heterocycles. The van der Waals surface area contributed by atoms with Gasteiger partial charge in [-0.05, 0) is 6.07 Å². The van der Waals surface area contributed by atoms with Crippen LogP contribution >= 0.6 is 0 Å². The van der Waals surface area contributed by atoms with Crippen molar-refractivity contribution in [1.82, 2.24) is 9.96 Å². The van der Waals surface area contributed by atoms with Gasteiger partial charge in [0, 0.05) is 5.56 Å². The van der Waals surface area contributed by atoms with Crippen molar-refractivity contribution in [3.63, 3.8) is 0 Å². The molecule has 108 valence electrons. The molecule has 10 nitrogen and oxygen atoms in total. The predicted octanol–water partition coefficient (Wildman–Crippen LogP) is -0.0680. The molecule has 1 aromatic rings. The number of hydrogen-bond donors (Lipinski definition) is 2. The largest absolute Gasteiger partial charge is 0.479 e. The van der Waals surface area contributed by atoms with Gasteiger partial charge in [-0.15, -0.1) is 4.28 Å². The van der Waals surface area contributed by atoms with Crippen LogP contribution in [-0.4, -0.2) is 46.6 Å². The zero-order chi connectivity index (χ0) is 14.7. The van der Waals surface area contributed by atoms with Crippen molar-refractivity contribution in [3.8, 4) is 0 Å². The minimum absolute atomic E-state index is 0.0311. The predicted molar refractivity (Wildman–Crippen MR) is 58.4 cm³/mol. The van der Waals surface area contributed by atoms with Gasteiger partial charge < -0.3 is 9.52 Å². The molecule has 2 atom stereocenters. The molecule has 11 heteroatoms. The molecule has 2 amide bonds. The monoisotopic (exact) mass is 304 g/mol. The number of urea groups is 1. The topological polar surface area (TPSA) is 138 Å². The van der Waals surface area contributed by atoms with Crippen LogP contribution in [0.25, 0.3) is 0 Å². The summed E-state index contributed by atoms with van der Waals surface area (Å²) in [6.45, 7) is -0.0855. The molecule has 0 spiro atoms. The highest BCUT2D eigenvalue weighted by molar-refractivity contribution is 7.80. The molecular formula is C9H8N2O8S. The number of nitrogens with zero attached hydrogens (tertiary/aromatic N) is 2. The van der Waals surface area contributed by atoms with E-state index in [2.05, 4.69) is 4.28 Å². The minimum Gasteiger partial charge on any atom is -0.479 e. The van der Waals surface area contributed by atoms with Gasteiger partial charge in [-0.25, -0.2) is 9.59 Å². The van der Waals surface area contributed by atoms with Gasteiger partial charge in [-0.2, -0.15) is 13.5 Å². The Kier molecular flexibility index (Phi) is 2.54. The molecule has 2 N–H and O–H groups in total. The van der Waals surface area contributed by atoms with E-state index in [4.69, 9.17) is 8.97 Å². The molecule has 3 heterocycles. The number of carbonyl (C=O) groups is 2. The van der Waals surface area contributed by atoms with E-state index < -0.39 is 34.5 Å². The van der Waals surface area contributed by atoms with Gasteiger partial charge in [0.2, 0.25) is 0 Å². The van der Waals surface area contributed by atoms with Crippen LogP contribution in [0.15, 0.2) is 16.7 Å². The van der Waals surface area contributed by atoms with Crippen molar-refractivity contribution in [2.24, 2.45) is 0 Å². The summed E-state index contributed by atoms with van der Waals surface area (Å²) in [6, 6.07) is -1.79. The van der Waals surface area contributed by atoms with Gasteiger partial charge in [-0.1, -0.05) is 0 Å². The summed E-state index contributed by atoms with van der Waals surface area (Å²) in [4.78, 5) is 24.1. The molecule has 1 fully saturated rings. The first-order chi connectivity index (χ1) is 9.29. The smallest absolute Gasteiger partial charge is 0.418 e. The van der Waals surface area contributed by atoms with Crippen molar-refractivity contribution in [2.75, 3.05) is 6.54 Å². The first kappa shape index (κ1) is 12.9. The second-order valence-electron chi connectivity index (χ2n) is 4.26. The molecule has 3 rings (SSSR count). The Morgan fingerprint density at radius 2 is 2.20 bits per heavy atom. The maximum atomic E-state index is 12.0. The normalized spacial score (nSPS) is 24.9. The van der Waals surface area contributed by atoms with E-state index in [1.165, 1.54) is 12.3 Å². The third kappa shape index (κ3) is 1.75. The van der Waals surface area contributed by atoms with Crippen LogP contribution in [-0.2, 0) is 19.5 Å². The maximum Gasteiger partial charge on any atom is 0.418 e. The lowest BCUT2D eigenvalue weighted by Crippen LogP contribution is -2.38. The molecule has 2 bridgehead atoms. The zero-order valence-corrected chi connectivity index (χ0v) is 10.5. The Morgan fingerprint density at radius 3 is 2.80 bits per heavy atom. The van der Waals surface area contributed by atoms with Gasteiger partial charge in [0.15, 0.2) is 6.04 Å². The number of amides is 2. The van der Waals surface area contributed by atoms with E-state index in [1.54, 1.807) is 0 Å². The lowest BCUT2D eigenvalue weighted by Gasteiger charge is -2.25. The summed E-state index contributed by atoms with van der Waals surface area (Å²) in [5.74, 6) is -1.29. The van der Waals surface area contributed by atoms with Crippen molar-refractivity contribution in [1.29, 1.82) is 0 Å². The fourth-order valence-corrected chi connectivity index (χ4v) is 2.81. The third-order valence-electron chi connectivity index (χ3n) is 3.14. The highest BCUT2D eigenvalue weighted by Gasteiger charge is 2.53. The lowest BCUT2D eigenvalue weighted by molar-refractivity contribution is -0.143. The summed E-state index contributed by atoms with van der Waals surface area (Å²) < 4.78 is 39.5. The van der Waals surface area contributed by atoms with Crippen LogP contribution in [0.1, 0.15) is 23.4 Å². The molecule has 0 radical (unpaired) electrons. The number of hydrogen-bond acceptors (Lipinski definition) is 6. The first-order valence-electron chi connectivity index (χ1n) is 5.36. The molecule has 2 aliphatic rings. The summed E-state index contributed by atoms with van der Waals surface area (Å²) in [5.41, 5.74) is 0.322. The summed E-state index contributed by atoms with van der Waals surface area (Å²) in [6.07, 6.45) is 1.23. The van der Waals surface area contributed by atoms with Gasteiger partial charge in [-0.3, -0.25) is 9.45 Å². The number of hydroxylamine groups is 2. The number of carbonyl (C=O) groups excluding carboxylic acids is 1. The standard InChI is InChI=1S/C9H8N2O8S/c12-8(13)6-7-4(1-2-18-7)5-3-10(6)9(14)11(5)19-20(15,16)17/h1-2,5-6H,3H2,(H,12,13)(H,15,16,17)/t5-,6-/m0/s1. The van der Waals surface area contributed by atoms with E-state index in [9.17, 15) is 23.1 Å². The summed E-state index contributed by atoms with van der Waals surface area (Å²) >= 11 is 0. The number of carboxylic acids is 1. The fourth-order valence-electron chi connectivity index (χ4n) is 2.44.